The molecule has 19 heavy (non-hydrogen) atoms. The van der Waals surface area contributed by atoms with Crippen LogP contribution in [0.15, 0.2) is 12.5 Å². The molecule has 3 N–H and O–H groups in total. The number of hydrogen-bond donors (Lipinski definition) is 2. The molecule has 0 saturated carbocycles. The third kappa shape index (κ3) is 2.61. The lowest BCUT2D eigenvalue weighted by atomic mass is 10.3. The first-order valence-corrected chi connectivity index (χ1v) is 6.08. The van der Waals surface area contributed by atoms with Crippen molar-refractivity contribution in [3.63, 3.8) is 0 Å². The van der Waals surface area contributed by atoms with Gasteiger partial charge >= 0.3 is 0 Å². The fourth-order valence-electron chi connectivity index (χ4n) is 1.51. The van der Waals surface area contributed by atoms with Crippen molar-refractivity contribution in [1.82, 2.24) is 19.7 Å². The highest BCUT2D eigenvalue weighted by molar-refractivity contribution is 6.38. The van der Waals surface area contributed by atoms with Gasteiger partial charge in [0.05, 0.1) is 11.9 Å². The van der Waals surface area contributed by atoms with Crippen molar-refractivity contribution in [3.8, 4) is 0 Å². The van der Waals surface area contributed by atoms with E-state index in [1.165, 1.54) is 17.2 Å². The molecule has 2 aromatic heterocycles. The molecule has 100 valence electrons. The summed E-state index contributed by atoms with van der Waals surface area (Å²) < 4.78 is 1.47. The zero-order chi connectivity index (χ0) is 14.0. The number of hydrogen-bond acceptors (Lipinski definition) is 5. The standard InChI is InChI=1S/C10H10Cl2N6O/c1-2-18-7(5(13)3-16-18)10(19)17-6-8(11)14-4-15-9(6)12/h3-4H,2,13H2,1H3,(H,17,19). The fraction of sp³-hybridized carbons (Fsp3) is 0.200. The zero-order valence-electron chi connectivity index (χ0n) is 9.89. The minimum Gasteiger partial charge on any atom is -0.396 e. The van der Waals surface area contributed by atoms with Crippen LogP contribution in [0.25, 0.3) is 0 Å². The molecular formula is C10H10Cl2N6O. The molecule has 2 aromatic rings. The van der Waals surface area contributed by atoms with Crippen molar-refractivity contribution >= 4 is 40.5 Å². The van der Waals surface area contributed by atoms with Crippen molar-refractivity contribution in [3.05, 3.63) is 28.5 Å². The number of rotatable bonds is 3. The predicted octanol–water partition coefficient (Wildman–Crippen LogP) is 1.83. The van der Waals surface area contributed by atoms with Crippen molar-refractivity contribution < 1.29 is 4.79 Å². The summed E-state index contributed by atoms with van der Waals surface area (Å²) in [6.07, 6.45) is 2.61. The Hall–Kier alpha value is -1.86. The van der Waals surface area contributed by atoms with Crippen LogP contribution >= 0.6 is 23.2 Å². The van der Waals surface area contributed by atoms with Crippen LogP contribution in [0.3, 0.4) is 0 Å². The Bertz CT molecular complexity index is 606. The molecule has 0 aliphatic carbocycles. The topological polar surface area (TPSA) is 98.7 Å². The van der Waals surface area contributed by atoms with E-state index < -0.39 is 5.91 Å². The SMILES string of the molecule is CCn1ncc(N)c1C(=O)Nc1c(Cl)ncnc1Cl. The van der Waals surface area contributed by atoms with Crippen LogP contribution in [-0.4, -0.2) is 25.7 Å². The van der Waals surface area contributed by atoms with Gasteiger partial charge in [-0.3, -0.25) is 9.48 Å². The summed E-state index contributed by atoms with van der Waals surface area (Å²) in [7, 11) is 0. The molecule has 0 saturated heterocycles. The summed E-state index contributed by atoms with van der Waals surface area (Å²) in [4.78, 5) is 19.6. The molecule has 0 aliphatic heterocycles. The van der Waals surface area contributed by atoms with Crippen molar-refractivity contribution in [2.75, 3.05) is 11.1 Å². The molecule has 0 unspecified atom stereocenters. The van der Waals surface area contributed by atoms with Crippen LogP contribution in [0.1, 0.15) is 17.4 Å². The molecular weight excluding hydrogens is 291 g/mol. The first kappa shape index (κ1) is 13.6. The summed E-state index contributed by atoms with van der Waals surface area (Å²) in [5.74, 6) is -0.476. The molecule has 2 heterocycles. The summed E-state index contributed by atoms with van der Waals surface area (Å²) in [6.45, 7) is 2.35. The number of amides is 1. The van der Waals surface area contributed by atoms with E-state index in [2.05, 4.69) is 20.4 Å². The lowest BCUT2D eigenvalue weighted by molar-refractivity contribution is 0.101. The average molecular weight is 301 g/mol. The van der Waals surface area contributed by atoms with Crippen molar-refractivity contribution in [1.29, 1.82) is 0 Å². The number of nitrogens with two attached hydrogens (primary N) is 1. The predicted molar refractivity (Wildman–Crippen MR) is 72.3 cm³/mol. The van der Waals surface area contributed by atoms with Gasteiger partial charge in [0.1, 0.15) is 17.7 Å². The van der Waals surface area contributed by atoms with Gasteiger partial charge in [-0.1, -0.05) is 23.2 Å². The second kappa shape index (κ2) is 5.41. The molecule has 7 nitrogen and oxygen atoms in total. The van der Waals surface area contributed by atoms with Gasteiger partial charge in [0.25, 0.3) is 5.91 Å². The van der Waals surface area contributed by atoms with E-state index in [-0.39, 0.29) is 27.4 Å². The third-order valence-electron chi connectivity index (χ3n) is 2.38. The van der Waals surface area contributed by atoms with Gasteiger partial charge in [0.15, 0.2) is 10.3 Å². The Labute approximate surface area is 118 Å². The number of carbonyl (C=O) groups excluding carboxylic acids is 1. The van der Waals surface area contributed by atoms with Gasteiger partial charge in [-0.2, -0.15) is 5.10 Å². The van der Waals surface area contributed by atoms with E-state index in [0.717, 1.165) is 0 Å². The molecule has 2 rings (SSSR count). The zero-order valence-corrected chi connectivity index (χ0v) is 11.4. The average Bonchev–Trinajstić information content (AvgIpc) is 2.75. The smallest absolute Gasteiger partial charge is 0.276 e. The van der Waals surface area contributed by atoms with E-state index in [0.29, 0.717) is 6.54 Å². The van der Waals surface area contributed by atoms with E-state index >= 15 is 0 Å². The number of nitrogen functional groups attached to an aromatic ring is 1. The highest BCUT2D eigenvalue weighted by Crippen LogP contribution is 2.26. The molecule has 0 atom stereocenters. The molecule has 0 radical (unpaired) electrons. The number of aromatic nitrogens is 4. The van der Waals surface area contributed by atoms with Crippen LogP contribution in [0, 0.1) is 0 Å². The minimum atomic E-state index is -0.476. The van der Waals surface area contributed by atoms with Crippen LogP contribution in [0.5, 0.6) is 0 Å². The normalized spacial score (nSPS) is 10.5. The first-order valence-electron chi connectivity index (χ1n) is 5.33. The van der Waals surface area contributed by atoms with Gasteiger partial charge < -0.3 is 11.1 Å². The van der Waals surface area contributed by atoms with Crippen molar-refractivity contribution in [2.24, 2.45) is 0 Å². The Morgan fingerprint density at radius 1 is 1.42 bits per heavy atom. The molecule has 0 aromatic carbocycles. The van der Waals surface area contributed by atoms with Gasteiger partial charge in [0, 0.05) is 6.54 Å². The second-order valence-corrected chi connectivity index (χ2v) is 4.26. The maximum Gasteiger partial charge on any atom is 0.276 e. The number of aryl methyl sites for hydroxylation is 1. The Balaban J connectivity index is 2.34. The lowest BCUT2D eigenvalue weighted by Gasteiger charge is -2.09. The van der Waals surface area contributed by atoms with Crippen LogP contribution < -0.4 is 11.1 Å². The van der Waals surface area contributed by atoms with Crippen molar-refractivity contribution in [2.45, 2.75) is 13.5 Å². The quantitative estimate of drug-likeness (QED) is 0.843. The minimum absolute atomic E-state index is 0.0504. The van der Waals surface area contributed by atoms with Crippen LogP contribution in [0.4, 0.5) is 11.4 Å². The third-order valence-corrected chi connectivity index (χ3v) is 2.95. The maximum absolute atomic E-state index is 12.2. The summed E-state index contributed by atoms with van der Waals surface area (Å²) in [6, 6.07) is 0. The highest BCUT2D eigenvalue weighted by Gasteiger charge is 2.19. The van der Waals surface area contributed by atoms with Gasteiger partial charge in [0.2, 0.25) is 0 Å². The number of nitrogens with zero attached hydrogens (tertiary/aromatic N) is 4. The highest BCUT2D eigenvalue weighted by atomic mass is 35.5. The van der Waals surface area contributed by atoms with E-state index in [1.54, 1.807) is 0 Å². The largest absolute Gasteiger partial charge is 0.396 e. The maximum atomic E-state index is 12.2. The second-order valence-electron chi connectivity index (χ2n) is 3.55. The fourth-order valence-corrected chi connectivity index (χ4v) is 1.92. The summed E-state index contributed by atoms with van der Waals surface area (Å²) in [5, 5.41) is 6.60. The number of anilines is 2. The first-order chi connectivity index (χ1) is 9.04. The number of carbonyl (C=O) groups is 1. The van der Waals surface area contributed by atoms with Gasteiger partial charge in [-0.25, -0.2) is 9.97 Å². The molecule has 1 amide bonds. The van der Waals surface area contributed by atoms with Gasteiger partial charge in [-0.15, -0.1) is 0 Å². The Morgan fingerprint density at radius 2 is 2.05 bits per heavy atom. The number of halogens is 2. The molecule has 0 fully saturated rings. The number of nitrogens with one attached hydrogen (secondary N) is 1. The van der Waals surface area contributed by atoms with Gasteiger partial charge in [-0.05, 0) is 6.92 Å². The van der Waals surface area contributed by atoms with E-state index in [9.17, 15) is 4.79 Å². The van der Waals surface area contributed by atoms with Crippen LogP contribution in [-0.2, 0) is 6.54 Å². The molecule has 0 aliphatic rings. The van der Waals surface area contributed by atoms with E-state index in [1.807, 2.05) is 6.92 Å². The van der Waals surface area contributed by atoms with Crippen LogP contribution in [0.2, 0.25) is 10.3 Å². The van der Waals surface area contributed by atoms with E-state index in [4.69, 9.17) is 28.9 Å². The molecule has 9 heteroatoms. The summed E-state index contributed by atoms with van der Waals surface area (Å²) in [5.41, 5.74) is 6.35. The lowest BCUT2D eigenvalue weighted by Crippen LogP contribution is -2.19. The molecule has 0 spiro atoms. The Kier molecular flexibility index (Phi) is 3.87. The molecule has 0 bridgehead atoms. The Morgan fingerprint density at radius 3 is 2.63 bits per heavy atom. The monoisotopic (exact) mass is 300 g/mol. The summed E-state index contributed by atoms with van der Waals surface area (Å²) >= 11 is 11.7.